The number of carboxylic acids is 1. The Kier molecular flexibility index (Phi) is 5.27. The van der Waals surface area contributed by atoms with Crippen LogP contribution in [0.1, 0.15) is 5.56 Å². The number of nitro groups is 1. The molecule has 0 aliphatic rings. The van der Waals surface area contributed by atoms with Crippen LogP contribution in [-0.2, 0) is 4.79 Å². The van der Waals surface area contributed by atoms with E-state index in [1.54, 1.807) is 0 Å². The highest BCUT2D eigenvalue weighted by molar-refractivity contribution is 8.03. The van der Waals surface area contributed by atoms with E-state index in [2.05, 4.69) is 10.2 Å². The van der Waals surface area contributed by atoms with E-state index in [0.717, 1.165) is 11.8 Å². The molecule has 0 bridgehead atoms. The number of nitrogens with zero attached hydrogens (tertiary/aromatic N) is 3. The molecular formula is C17H10FN3O5S. The molecule has 1 heterocycles. The van der Waals surface area contributed by atoms with Crippen molar-refractivity contribution in [2.24, 2.45) is 0 Å². The molecule has 3 rings (SSSR count). The van der Waals surface area contributed by atoms with Crippen LogP contribution in [0.4, 0.5) is 10.1 Å². The lowest BCUT2D eigenvalue weighted by Gasteiger charge is -1.99. The number of benzene rings is 2. The van der Waals surface area contributed by atoms with Crippen molar-refractivity contribution in [1.82, 2.24) is 10.2 Å². The van der Waals surface area contributed by atoms with E-state index in [9.17, 15) is 24.4 Å². The number of thioether (sulfide) groups is 1. The quantitative estimate of drug-likeness (QED) is 0.292. The van der Waals surface area contributed by atoms with Crippen molar-refractivity contribution in [3.63, 3.8) is 0 Å². The normalized spacial score (nSPS) is 11.4. The number of aromatic nitrogens is 2. The van der Waals surface area contributed by atoms with Crippen LogP contribution in [0.25, 0.3) is 17.5 Å². The second kappa shape index (κ2) is 7.79. The fraction of sp³-hybridized carbons (Fsp3) is 0. The molecule has 27 heavy (non-hydrogen) atoms. The molecule has 0 saturated heterocycles. The summed E-state index contributed by atoms with van der Waals surface area (Å²) in [5.74, 6) is -1.51. The lowest BCUT2D eigenvalue weighted by molar-refractivity contribution is -0.384. The molecule has 3 aromatic rings. The topological polar surface area (TPSA) is 119 Å². The third kappa shape index (κ3) is 4.55. The van der Waals surface area contributed by atoms with E-state index in [0.29, 0.717) is 11.1 Å². The first kappa shape index (κ1) is 18.3. The molecule has 0 amide bonds. The van der Waals surface area contributed by atoms with Crippen LogP contribution in [-0.4, -0.2) is 26.2 Å². The molecule has 0 atom stereocenters. The zero-order valence-corrected chi connectivity index (χ0v) is 14.2. The lowest BCUT2D eigenvalue weighted by Crippen LogP contribution is -1.97. The van der Waals surface area contributed by atoms with Crippen LogP contribution in [0.5, 0.6) is 0 Å². The second-order valence-corrected chi connectivity index (χ2v) is 6.14. The number of non-ortho nitro benzene ring substituents is 1. The summed E-state index contributed by atoms with van der Waals surface area (Å²) in [7, 11) is 0. The van der Waals surface area contributed by atoms with Crippen molar-refractivity contribution in [2.45, 2.75) is 5.22 Å². The molecule has 10 heteroatoms. The molecule has 1 N–H and O–H groups in total. The second-order valence-electron chi connectivity index (χ2n) is 5.14. The van der Waals surface area contributed by atoms with Crippen LogP contribution in [0.3, 0.4) is 0 Å². The Hall–Kier alpha value is -3.53. The molecule has 0 aliphatic heterocycles. The van der Waals surface area contributed by atoms with E-state index in [-0.39, 0.29) is 21.7 Å². The maximum Gasteiger partial charge on any atom is 0.342 e. The average molecular weight is 387 g/mol. The lowest BCUT2D eigenvalue weighted by atomic mass is 10.2. The molecule has 136 valence electrons. The Bertz CT molecular complexity index is 1020. The first-order chi connectivity index (χ1) is 12.9. The maximum atomic E-state index is 13.0. The van der Waals surface area contributed by atoms with Gasteiger partial charge in [0.25, 0.3) is 10.9 Å². The van der Waals surface area contributed by atoms with Crippen LogP contribution in [0.2, 0.25) is 0 Å². The van der Waals surface area contributed by atoms with Gasteiger partial charge in [0.1, 0.15) is 10.7 Å². The summed E-state index contributed by atoms with van der Waals surface area (Å²) in [6.07, 6.45) is 1.33. The van der Waals surface area contributed by atoms with Gasteiger partial charge in [-0.25, -0.2) is 9.18 Å². The van der Waals surface area contributed by atoms with Gasteiger partial charge in [-0.15, -0.1) is 10.2 Å². The number of hydrogen-bond acceptors (Lipinski definition) is 7. The average Bonchev–Trinajstić information content (AvgIpc) is 3.10. The van der Waals surface area contributed by atoms with E-state index >= 15 is 0 Å². The number of aliphatic carboxylic acids is 1. The highest BCUT2D eigenvalue weighted by Gasteiger charge is 2.16. The molecule has 1 aromatic heterocycles. The molecule has 8 nitrogen and oxygen atoms in total. The minimum absolute atomic E-state index is 0.00936. The fourth-order valence-corrected chi connectivity index (χ4v) is 2.71. The van der Waals surface area contributed by atoms with Crippen molar-refractivity contribution in [1.29, 1.82) is 0 Å². The van der Waals surface area contributed by atoms with E-state index < -0.39 is 16.7 Å². The summed E-state index contributed by atoms with van der Waals surface area (Å²) in [6.45, 7) is 0. The monoisotopic (exact) mass is 387 g/mol. The van der Waals surface area contributed by atoms with Crippen LogP contribution >= 0.6 is 11.8 Å². The van der Waals surface area contributed by atoms with E-state index in [4.69, 9.17) is 4.42 Å². The van der Waals surface area contributed by atoms with E-state index in [1.165, 1.54) is 54.6 Å². The molecule has 0 unspecified atom stereocenters. The van der Waals surface area contributed by atoms with Gasteiger partial charge >= 0.3 is 5.97 Å². The first-order valence-corrected chi connectivity index (χ1v) is 8.21. The Labute approximate surface area is 155 Å². The molecule has 0 spiro atoms. The minimum Gasteiger partial charge on any atom is -0.477 e. The highest BCUT2D eigenvalue weighted by atomic mass is 32.2. The van der Waals surface area contributed by atoms with Gasteiger partial charge in [0.2, 0.25) is 5.89 Å². The fourth-order valence-electron chi connectivity index (χ4n) is 2.03. The van der Waals surface area contributed by atoms with Crippen LogP contribution in [0.15, 0.2) is 63.1 Å². The molecule has 0 saturated carbocycles. The number of nitro benzene ring substituents is 1. The molecule has 0 radical (unpaired) electrons. The van der Waals surface area contributed by atoms with Gasteiger partial charge in [0.15, 0.2) is 0 Å². The molecule has 2 aromatic carbocycles. The Balaban J connectivity index is 1.81. The molecule has 0 aliphatic carbocycles. The number of hydrogen-bond donors (Lipinski definition) is 1. The summed E-state index contributed by atoms with van der Waals surface area (Å²) in [6, 6.07) is 10.8. The van der Waals surface area contributed by atoms with Gasteiger partial charge in [-0.3, -0.25) is 10.1 Å². The van der Waals surface area contributed by atoms with Crippen molar-refractivity contribution >= 4 is 29.5 Å². The van der Waals surface area contributed by atoms with Gasteiger partial charge < -0.3 is 9.52 Å². The standard InChI is InChI=1S/C17H10FN3O5S/c18-12-5-3-11(4-6-12)15-19-20-17(26-15)27-14(16(22)23)9-10-1-7-13(8-2-10)21(24)25/h1-9H,(H,22,23)/b14-9+. The van der Waals surface area contributed by atoms with Gasteiger partial charge in [-0.2, -0.15) is 0 Å². The summed E-state index contributed by atoms with van der Waals surface area (Å²) in [5, 5.41) is 27.6. The van der Waals surface area contributed by atoms with Crippen molar-refractivity contribution < 1.29 is 23.6 Å². The van der Waals surface area contributed by atoms with Gasteiger partial charge in [-0.05, 0) is 59.8 Å². The van der Waals surface area contributed by atoms with Crippen molar-refractivity contribution in [3.05, 3.63) is 74.9 Å². The van der Waals surface area contributed by atoms with Crippen molar-refractivity contribution in [3.8, 4) is 11.5 Å². The van der Waals surface area contributed by atoms with E-state index in [1.807, 2.05) is 0 Å². The summed E-state index contributed by atoms with van der Waals surface area (Å²) in [4.78, 5) is 21.5. The molecular weight excluding hydrogens is 377 g/mol. The first-order valence-electron chi connectivity index (χ1n) is 7.39. The highest BCUT2D eigenvalue weighted by Crippen LogP contribution is 2.30. The SMILES string of the molecule is O=C(O)/C(=C\c1ccc([N+](=O)[O-])cc1)Sc1nnc(-c2ccc(F)cc2)o1. The van der Waals surface area contributed by atoms with Crippen molar-refractivity contribution in [2.75, 3.05) is 0 Å². The Morgan fingerprint density at radius 1 is 1.15 bits per heavy atom. The zero-order chi connectivity index (χ0) is 19.4. The Morgan fingerprint density at radius 2 is 1.81 bits per heavy atom. The number of rotatable bonds is 6. The molecule has 0 fully saturated rings. The van der Waals surface area contributed by atoms with Gasteiger partial charge in [-0.1, -0.05) is 0 Å². The van der Waals surface area contributed by atoms with Gasteiger partial charge in [0.05, 0.1) is 4.92 Å². The maximum absolute atomic E-state index is 13.0. The number of carbonyl (C=O) groups is 1. The smallest absolute Gasteiger partial charge is 0.342 e. The van der Waals surface area contributed by atoms with Gasteiger partial charge in [0, 0.05) is 17.7 Å². The van der Waals surface area contributed by atoms with Crippen LogP contribution < -0.4 is 0 Å². The predicted octanol–water partition coefficient (Wildman–Crippen LogP) is 4.00. The largest absolute Gasteiger partial charge is 0.477 e. The summed E-state index contributed by atoms with van der Waals surface area (Å²) >= 11 is 0.734. The zero-order valence-electron chi connectivity index (χ0n) is 13.4. The predicted molar refractivity (Wildman–Crippen MR) is 94.3 cm³/mol. The van der Waals surface area contributed by atoms with Crippen LogP contribution in [0, 0.1) is 15.9 Å². The number of carboxylic acid groups (broad SMARTS) is 1. The minimum atomic E-state index is -1.22. The third-order valence-electron chi connectivity index (χ3n) is 3.31. The summed E-state index contributed by atoms with van der Waals surface area (Å²) in [5.41, 5.74) is 0.855. The Morgan fingerprint density at radius 3 is 2.41 bits per heavy atom. The third-order valence-corrected chi connectivity index (χ3v) is 4.16. The number of halogens is 1. The summed E-state index contributed by atoms with van der Waals surface area (Å²) < 4.78 is 18.4.